The first-order valence-corrected chi connectivity index (χ1v) is 23.4. The number of para-hydroxylation sites is 3. The molecular formula is C63H38N6. The van der Waals surface area contributed by atoms with Gasteiger partial charge in [0.1, 0.15) is 0 Å². The van der Waals surface area contributed by atoms with Crippen molar-refractivity contribution in [1.82, 2.24) is 28.7 Å². The molecule has 6 nitrogen and oxygen atoms in total. The van der Waals surface area contributed by atoms with Crippen LogP contribution in [0.5, 0.6) is 0 Å². The maximum Gasteiger partial charge on any atom is 0.238 e. The molecule has 69 heavy (non-hydrogen) atoms. The van der Waals surface area contributed by atoms with Crippen molar-refractivity contribution in [3.8, 4) is 40.1 Å². The van der Waals surface area contributed by atoms with Crippen LogP contribution in [0.1, 0.15) is 0 Å². The van der Waals surface area contributed by atoms with Crippen LogP contribution in [0.25, 0.3) is 138 Å². The van der Waals surface area contributed by atoms with E-state index in [1.807, 2.05) is 0 Å². The summed E-state index contributed by atoms with van der Waals surface area (Å²) in [6.07, 6.45) is 0. The minimum Gasteiger partial charge on any atom is -0.309 e. The number of fused-ring (bicyclic) bond motifs is 13. The quantitative estimate of drug-likeness (QED) is 0.173. The molecule has 0 saturated carbocycles. The van der Waals surface area contributed by atoms with Gasteiger partial charge in [-0.3, -0.25) is 4.57 Å². The van der Waals surface area contributed by atoms with Crippen LogP contribution in [0.15, 0.2) is 231 Å². The molecule has 320 valence electrons. The standard InChI is InChI=1S/C63H38N6/c1-3-17-42-36-44(30-28-39(42)14-1)61-64-62(45-31-29-40-15-2-4-18-43(40)37-45)66-63(65-61)69-53-24-10-7-21-48(53)51-38-46(32-33-56(51)69)67-54-25-11-8-22-49(54)59-57(67)34-35-58-60(59)50-23-9-12-26-55(50)68(58)52-27-13-19-41-16-5-6-20-47(41)52/h1-38H. The van der Waals surface area contributed by atoms with Crippen molar-refractivity contribution in [2.75, 3.05) is 0 Å². The molecule has 4 heterocycles. The van der Waals surface area contributed by atoms with Gasteiger partial charge in [0.25, 0.3) is 0 Å². The van der Waals surface area contributed by atoms with Gasteiger partial charge in [0.15, 0.2) is 11.6 Å². The van der Waals surface area contributed by atoms with Gasteiger partial charge in [0, 0.05) is 54.5 Å². The third-order valence-corrected chi connectivity index (χ3v) is 14.2. The predicted octanol–water partition coefficient (Wildman–Crippen LogP) is 16.0. The van der Waals surface area contributed by atoms with E-state index in [2.05, 4.69) is 244 Å². The second-order valence-electron chi connectivity index (χ2n) is 18.0. The normalized spacial score (nSPS) is 12.1. The minimum absolute atomic E-state index is 0.567. The van der Waals surface area contributed by atoms with Crippen LogP contribution >= 0.6 is 0 Å². The number of rotatable bonds is 5. The van der Waals surface area contributed by atoms with Crippen molar-refractivity contribution in [3.63, 3.8) is 0 Å². The molecule has 0 saturated heterocycles. The minimum atomic E-state index is 0.567. The van der Waals surface area contributed by atoms with Crippen LogP contribution in [0.3, 0.4) is 0 Å². The van der Waals surface area contributed by atoms with E-state index in [1.54, 1.807) is 0 Å². The van der Waals surface area contributed by atoms with Gasteiger partial charge in [-0.15, -0.1) is 0 Å². The highest BCUT2D eigenvalue weighted by atomic mass is 15.2. The molecule has 6 heteroatoms. The van der Waals surface area contributed by atoms with Gasteiger partial charge in [-0.1, -0.05) is 164 Å². The van der Waals surface area contributed by atoms with Crippen molar-refractivity contribution in [3.05, 3.63) is 231 Å². The molecular weight excluding hydrogens is 841 g/mol. The average molecular weight is 879 g/mol. The molecule has 0 fully saturated rings. The van der Waals surface area contributed by atoms with E-state index in [0.717, 1.165) is 60.4 Å². The van der Waals surface area contributed by atoms with Crippen LogP contribution in [0.2, 0.25) is 0 Å². The van der Waals surface area contributed by atoms with Crippen LogP contribution in [-0.2, 0) is 0 Å². The van der Waals surface area contributed by atoms with Crippen molar-refractivity contribution in [2.24, 2.45) is 0 Å². The monoisotopic (exact) mass is 878 g/mol. The Bertz CT molecular complexity index is 4520. The number of benzene rings is 11. The van der Waals surface area contributed by atoms with E-state index in [0.29, 0.717) is 17.6 Å². The summed E-state index contributed by atoms with van der Waals surface area (Å²) >= 11 is 0. The first-order chi connectivity index (χ1) is 34.2. The second kappa shape index (κ2) is 14.6. The molecule has 4 aromatic heterocycles. The molecule has 0 aliphatic rings. The zero-order valence-electron chi connectivity index (χ0n) is 37.1. The van der Waals surface area contributed by atoms with Crippen LogP contribution in [0.4, 0.5) is 0 Å². The summed E-state index contributed by atoms with van der Waals surface area (Å²) in [5, 5.41) is 14.2. The van der Waals surface area contributed by atoms with Gasteiger partial charge in [-0.25, -0.2) is 4.98 Å². The topological polar surface area (TPSA) is 53.5 Å². The molecule has 0 unspecified atom stereocenters. The molecule has 0 atom stereocenters. The lowest BCUT2D eigenvalue weighted by Gasteiger charge is -2.12. The zero-order chi connectivity index (χ0) is 45.2. The number of aromatic nitrogens is 6. The third-order valence-electron chi connectivity index (χ3n) is 14.2. The second-order valence-corrected chi connectivity index (χ2v) is 18.0. The highest BCUT2D eigenvalue weighted by molar-refractivity contribution is 6.29. The van der Waals surface area contributed by atoms with Gasteiger partial charge in [0.05, 0.1) is 38.8 Å². The predicted molar refractivity (Wildman–Crippen MR) is 286 cm³/mol. The Morgan fingerprint density at radius 1 is 0.261 bits per heavy atom. The number of hydrogen-bond acceptors (Lipinski definition) is 3. The van der Waals surface area contributed by atoms with Crippen LogP contribution < -0.4 is 0 Å². The van der Waals surface area contributed by atoms with E-state index >= 15 is 0 Å². The molecule has 0 N–H and O–H groups in total. The zero-order valence-corrected chi connectivity index (χ0v) is 37.1. The van der Waals surface area contributed by atoms with E-state index in [1.165, 1.54) is 59.8 Å². The van der Waals surface area contributed by atoms with Gasteiger partial charge in [0.2, 0.25) is 5.95 Å². The van der Waals surface area contributed by atoms with E-state index < -0.39 is 0 Å². The summed E-state index contributed by atoms with van der Waals surface area (Å²) < 4.78 is 7.11. The summed E-state index contributed by atoms with van der Waals surface area (Å²) in [4.78, 5) is 15.8. The summed E-state index contributed by atoms with van der Waals surface area (Å²) in [6, 6.07) is 82.8. The Morgan fingerprint density at radius 2 is 0.725 bits per heavy atom. The molecule has 0 aliphatic heterocycles. The summed E-state index contributed by atoms with van der Waals surface area (Å²) in [6.45, 7) is 0. The fraction of sp³-hybridized carbons (Fsp3) is 0. The Hall–Kier alpha value is -9.39. The number of hydrogen-bond donors (Lipinski definition) is 0. The SMILES string of the molecule is c1ccc2cc(-c3nc(-c4ccc5ccccc5c4)nc(-n4c5ccccc5c5cc(-n6c7ccccc7c7c8c9ccccc9n(-c9cccc%10ccccc9%10)c8ccc76)ccc54)n3)ccc2c1. The van der Waals surface area contributed by atoms with E-state index in [-0.39, 0.29) is 0 Å². The fourth-order valence-corrected chi connectivity index (χ4v) is 11.2. The highest BCUT2D eigenvalue weighted by Crippen LogP contribution is 2.44. The molecule has 0 spiro atoms. The molecule has 0 radical (unpaired) electrons. The lowest BCUT2D eigenvalue weighted by molar-refractivity contribution is 0.953. The Balaban J connectivity index is 0.964. The summed E-state index contributed by atoms with van der Waals surface area (Å²) in [7, 11) is 0. The largest absolute Gasteiger partial charge is 0.309 e. The summed E-state index contributed by atoms with van der Waals surface area (Å²) in [5.74, 6) is 1.81. The van der Waals surface area contributed by atoms with Crippen molar-refractivity contribution < 1.29 is 0 Å². The van der Waals surface area contributed by atoms with Crippen molar-refractivity contribution in [1.29, 1.82) is 0 Å². The Labute approximate surface area is 395 Å². The van der Waals surface area contributed by atoms with Crippen molar-refractivity contribution in [2.45, 2.75) is 0 Å². The van der Waals surface area contributed by atoms with Crippen LogP contribution in [-0.4, -0.2) is 28.7 Å². The number of nitrogens with zero attached hydrogens (tertiary/aromatic N) is 6. The lowest BCUT2D eigenvalue weighted by Crippen LogP contribution is -2.06. The van der Waals surface area contributed by atoms with Crippen LogP contribution in [0, 0.1) is 0 Å². The fourth-order valence-electron chi connectivity index (χ4n) is 11.2. The molecule has 15 aromatic rings. The first kappa shape index (κ1) is 37.8. The smallest absolute Gasteiger partial charge is 0.238 e. The Kier molecular flexibility index (Phi) is 7.97. The first-order valence-electron chi connectivity index (χ1n) is 23.4. The lowest BCUT2D eigenvalue weighted by atomic mass is 10.1. The molecule has 11 aromatic carbocycles. The van der Waals surface area contributed by atoms with Gasteiger partial charge >= 0.3 is 0 Å². The Morgan fingerprint density at radius 3 is 1.36 bits per heavy atom. The van der Waals surface area contributed by atoms with Gasteiger partial charge in [-0.05, 0) is 93.7 Å². The molecule has 15 rings (SSSR count). The van der Waals surface area contributed by atoms with E-state index in [9.17, 15) is 0 Å². The maximum atomic E-state index is 5.32. The molecule has 0 aliphatic carbocycles. The maximum absolute atomic E-state index is 5.32. The van der Waals surface area contributed by atoms with Gasteiger partial charge in [-0.2, -0.15) is 9.97 Å². The average Bonchev–Trinajstić information content (AvgIpc) is 4.05. The highest BCUT2D eigenvalue weighted by Gasteiger charge is 2.23. The van der Waals surface area contributed by atoms with Crippen molar-refractivity contribution >= 4 is 97.7 Å². The van der Waals surface area contributed by atoms with E-state index in [4.69, 9.17) is 15.0 Å². The third kappa shape index (κ3) is 5.63. The van der Waals surface area contributed by atoms with Gasteiger partial charge < -0.3 is 9.13 Å². The molecule has 0 amide bonds. The summed E-state index contributed by atoms with van der Waals surface area (Å²) in [5.41, 5.74) is 10.8. The molecule has 0 bridgehead atoms.